The lowest BCUT2D eigenvalue weighted by Gasteiger charge is -2.21. The Balaban J connectivity index is 1.03. The molecule has 4 heterocycles. The summed E-state index contributed by atoms with van der Waals surface area (Å²) in [6.45, 7) is 4.63. The summed E-state index contributed by atoms with van der Waals surface area (Å²) in [4.78, 5) is 16.3. The quantitative estimate of drug-likeness (QED) is 0.167. The summed E-state index contributed by atoms with van der Waals surface area (Å²) in [5, 5.41) is 6.57. The van der Waals surface area contributed by atoms with E-state index in [1.165, 1.54) is 33.4 Å². The molecule has 6 nitrogen and oxygen atoms in total. The molecule has 0 fully saturated rings. The van der Waals surface area contributed by atoms with E-state index in [1.807, 2.05) is 24.3 Å². The average molecular weight is 922 g/mol. The van der Waals surface area contributed by atoms with Crippen LogP contribution in [0.5, 0.6) is 0 Å². The van der Waals surface area contributed by atoms with Crippen LogP contribution in [0, 0.1) is 0 Å². The van der Waals surface area contributed by atoms with Gasteiger partial charge in [0.1, 0.15) is 5.58 Å². The number of hydrogen-bond donors (Lipinski definition) is 0. The Kier molecular flexibility index (Phi) is 8.61. The van der Waals surface area contributed by atoms with Crippen molar-refractivity contribution >= 4 is 65.6 Å². The molecule has 0 spiro atoms. The summed E-state index contributed by atoms with van der Waals surface area (Å²) >= 11 is 0. The van der Waals surface area contributed by atoms with Crippen molar-refractivity contribution in [2.45, 2.75) is 19.3 Å². The smallest absolute Gasteiger partial charge is 0.238 e. The van der Waals surface area contributed by atoms with E-state index in [4.69, 9.17) is 19.4 Å². The molecule has 1 aliphatic rings. The fraction of sp³-hybridized carbons (Fsp3) is 0.0455. The standard InChI is InChI=1S/C66H43N5O/c1-66(2)54-25-13-9-21-46(54)47-34-33-44(38-55(47)66)64-67-63(43-19-7-4-8-20-43)68-65(69-64)71-57-27-15-11-23-49(57)52-36-35-51-48-22-10-14-26-56(48)70(60(51)61(52)71)58-39-45(37-53-50-24-12-16-28-59(50)72-62(53)58)42-31-29-41(30-32-42)40-17-5-3-6-18-40/h3-39H,1-2H3. The van der Waals surface area contributed by atoms with Crippen LogP contribution in [0.2, 0.25) is 0 Å². The van der Waals surface area contributed by atoms with Crippen molar-refractivity contribution < 1.29 is 4.42 Å². The van der Waals surface area contributed by atoms with E-state index in [2.05, 4.69) is 223 Å². The molecule has 10 aromatic carbocycles. The fourth-order valence-corrected chi connectivity index (χ4v) is 11.7. The highest BCUT2D eigenvalue weighted by molar-refractivity contribution is 6.24. The van der Waals surface area contributed by atoms with Crippen molar-refractivity contribution in [3.63, 3.8) is 0 Å². The van der Waals surface area contributed by atoms with Gasteiger partial charge in [0, 0.05) is 48.9 Å². The van der Waals surface area contributed by atoms with Crippen LogP contribution in [0.3, 0.4) is 0 Å². The second-order valence-electron chi connectivity index (χ2n) is 19.6. The van der Waals surface area contributed by atoms with Crippen LogP contribution in [-0.4, -0.2) is 24.1 Å². The molecule has 338 valence electrons. The molecule has 4 aromatic heterocycles. The molecule has 0 N–H and O–H groups in total. The van der Waals surface area contributed by atoms with E-state index in [1.54, 1.807) is 0 Å². The van der Waals surface area contributed by atoms with Gasteiger partial charge >= 0.3 is 0 Å². The summed E-state index contributed by atoms with van der Waals surface area (Å²) in [5.41, 5.74) is 18.1. The number of nitrogens with zero attached hydrogens (tertiary/aromatic N) is 5. The molecular weight excluding hydrogens is 879 g/mol. The third kappa shape index (κ3) is 5.93. The van der Waals surface area contributed by atoms with Crippen molar-refractivity contribution in [1.29, 1.82) is 0 Å². The number of aromatic nitrogens is 5. The Morgan fingerprint density at radius 2 is 0.889 bits per heavy atom. The maximum absolute atomic E-state index is 6.99. The molecule has 0 amide bonds. The van der Waals surface area contributed by atoms with Gasteiger partial charge in [-0.3, -0.25) is 4.57 Å². The number of benzene rings is 10. The number of hydrogen-bond acceptors (Lipinski definition) is 4. The molecule has 0 unspecified atom stereocenters. The van der Waals surface area contributed by atoms with E-state index < -0.39 is 0 Å². The second kappa shape index (κ2) is 15.3. The molecule has 72 heavy (non-hydrogen) atoms. The van der Waals surface area contributed by atoms with Gasteiger partial charge in [-0.1, -0.05) is 202 Å². The number of fused-ring (bicyclic) bond motifs is 13. The molecule has 6 heteroatoms. The van der Waals surface area contributed by atoms with E-state index in [0.717, 1.165) is 93.5 Å². The van der Waals surface area contributed by atoms with E-state index in [0.29, 0.717) is 17.6 Å². The lowest BCUT2D eigenvalue weighted by atomic mass is 9.82. The minimum absolute atomic E-state index is 0.194. The van der Waals surface area contributed by atoms with Gasteiger partial charge in [0.05, 0.1) is 27.8 Å². The molecule has 0 saturated heterocycles. The Morgan fingerprint density at radius 1 is 0.361 bits per heavy atom. The van der Waals surface area contributed by atoms with Gasteiger partial charge in [0.15, 0.2) is 17.2 Å². The minimum Gasteiger partial charge on any atom is -0.454 e. The predicted molar refractivity (Wildman–Crippen MR) is 295 cm³/mol. The van der Waals surface area contributed by atoms with Crippen LogP contribution in [-0.2, 0) is 5.41 Å². The third-order valence-corrected chi connectivity index (χ3v) is 15.2. The molecule has 0 saturated carbocycles. The summed E-state index contributed by atoms with van der Waals surface area (Å²) < 4.78 is 11.7. The maximum atomic E-state index is 6.99. The summed E-state index contributed by atoms with van der Waals surface area (Å²) in [7, 11) is 0. The number of furan rings is 1. The van der Waals surface area contributed by atoms with Gasteiger partial charge in [0.2, 0.25) is 5.95 Å². The first-order valence-corrected chi connectivity index (χ1v) is 24.6. The molecule has 0 atom stereocenters. The van der Waals surface area contributed by atoms with Crippen LogP contribution in [0.15, 0.2) is 229 Å². The van der Waals surface area contributed by atoms with E-state index >= 15 is 0 Å². The normalized spacial score (nSPS) is 13.0. The minimum atomic E-state index is -0.194. The Morgan fingerprint density at radius 3 is 1.61 bits per heavy atom. The Bertz CT molecular complexity index is 4520. The lowest BCUT2D eigenvalue weighted by molar-refractivity contribution is 0.660. The van der Waals surface area contributed by atoms with Gasteiger partial charge < -0.3 is 8.98 Å². The monoisotopic (exact) mass is 921 g/mol. The van der Waals surface area contributed by atoms with Crippen molar-refractivity contribution in [3.05, 3.63) is 236 Å². The fourth-order valence-electron chi connectivity index (χ4n) is 11.7. The van der Waals surface area contributed by atoms with Crippen LogP contribution >= 0.6 is 0 Å². The lowest BCUT2D eigenvalue weighted by Crippen LogP contribution is -2.15. The molecule has 0 aliphatic heterocycles. The van der Waals surface area contributed by atoms with Crippen LogP contribution in [0.4, 0.5) is 0 Å². The summed E-state index contributed by atoms with van der Waals surface area (Å²) in [5.74, 6) is 1.76. The highest BCUT2D eigenvalue weighted by Gasteiger charge is 2.36. The highest BCUT2D eigenvalue weighted by Crippen LogP contribution is 2.50. The predicted octanol–water partition coefficient (Wildman–Crippen LogP) is 16.9. The average Bonchev–Trinajstić information content (AvgIpc) is 4.16. The number of para-hydroxylation sites is 3. The van der Waals surface area contributed by atoms with Crippen molar-refractivity contribution in [2.75, 3.05) is 0 Å². The number of rotatable bonds is 6. The zero-order valence-electron chi connectivity index (χ0n) is 39.5. The summed E-state index contributed by atoms with van der Waals surface area (Å²) in [6.07, 6.45) is 0. The zero-order valence-corrected chi connectivity index (χ0v) is 39.5. The van der Waals surface area contributed by atoms with E-state index in [9.17, 15) is 0 Å². The first-order valence-electron chi connectivity index (χ1n) is 24.6. The largest absolute Gasteiger partial charge is 0.454 e. The topological polar surface area (TPSA) is 61.7 Å². The molecule has 15 rings (SSSR count). The summed E-state index contributed by atoms with van der Waals surface area (Å²) in [6, 6.07) is 80.1. The van der Waals surface area contributed by atoms with Crippen LogP contribution in [0.1, 0.15) is 25.0 Å². The van der Waals surface area contributed by atoms with Gasteiger partial charge in [-0.05, 0) is 80.9 Å². The SMILES string of the molecule is CC1(C)c2ccccc2-c2ccc(-c3nc(-c4ccccc4)nc(-n4c5ccccc5c5ccc6c7ccccc7n(-c7cc(-c8ccc(-c9ccccc9)cc8)cc8c7oc7ccccc78)c6c54)n3)cc21. The van der Waals surface area contributed by atoms with Crippen LogP contribution < -0.4 is 0 Å². The maximum Gasteiger partial charge on any atom is 0.238 e. The Labute approximate surface area is 414 Å². The van der Waals surface area contributed by atoms with Gasteiger partial charge in [0.25, 0.3) is 0 Å². The first kappa shape index (κ1) is 40.5. The highest BCUT2D eigenvalue weighted by atomic mass is 16.3. The van der Waals surface area contributed by atoms with Crippen molar-refractivity contribution in [3.8, 4) is 67.8 Å². The Hall–Kier alpha value is -9.39. The van der Waals surface area contributed by atoms with E-state index in [-0.39, 0.29) is 5.41 Å². The molecule has 1 aliphatic carbocycles. The van der Waals surface area contributed by atoms with Gasteiger partial charge in [-0.25, -0.2) is 4.98 Å². The van der Waals surface area contributed by atoms with Crippen molar-refractivity contribution in [2.24, 2.45) is 0 Å². The molecule has 0 bridgehead atoms. The van der Waals surface area contributed by atoms with Gasteiger partial charge in [-0.15, -0.1) is 0 Å². The molecule has 0 radical (unpaired) electrons. The molecule has 14 aromatic rings. The molecular formula is C66H43N5O. The van der Waals surface area contributed by atoms with Crippen molar-refractivity contribution in [1.82, 2.24) is 24.1 Å². The zero-order chi connectivity index (χ0) is 47.7. The first-order chi connectivity index (χ1) is 35.5. The third-order valence-electron chi connectivity index (χ3n) is 15.2. The second-order valence-corrected chi connectivity index (χ2v) is 19.6. The van der Waals surface area contributed by atoms with Gasteiger partial charge in [-0.2, -0.15) is 9.97 Å². The van der Waals surface area contributed by atoms with Crippen LogP contribution in [0.25, 0.3) is 133 Å².